The zero-order valence-electron chi connectivity index (χ0n) is 12.4. The predicted octanol–water partition coefficient (Wildman–Crippen LogP) is 3.97. The van der Waals surface area contributed by atoms with Crippen molar-refractivity contribution in [3.05, 3.63) is 46.7 Å². The number of hydrogen-bond donors (Lipinski definition) is 1. The van der Waals surface area contributed by atoms with Crippen LogP contribution in [0.25, 0.3) is 0 Å². The van der Waals surface area contributed by atoms with E-state index in [1.165, 1.54) is 0 Å². The summed E-state index contributed by atoms with van der Waals surface area (Å²) in [6.07, 6.45) is 4.12. The lowest BCUT2D eigenvalue weighted by Crippen LogP contribution is -2.08. The van der Waals surface area contributed by atoms with Gasteiger partial charge < -0.3 is 9.84 Å². The Hall–Kier alpha value is -1.52. The largest absolute Gasteiger partial charge is 0.486 e. The highest BCUT2D eigenvalue weighted by Crippen LogP contribution is 2.26. The summed E-state index contributed by atoms with van der Waals surface area (Å²) in [5.41, 5.74) is 1.65. The van der Waals surface area contributed by atoms with E-state index >= 15 is 0 Å². The first-order chi connectivity index (χ1) is 10.2. The van der Waals surface area contributed by atoms with Crippen LogP contribution >= 0.6 is 11.6 Å². The quantitative estimate of drug-likeness (QED) is 0.842. The van der Waals surface area contributed by atoms with Gasteiger partial charge in [-0.3, -0.25) is 4.68 Å². The van der Waals surface area contributed by atoms with Gasteiger partial charge in [-0.1, -0.05) is 31.5 Å². The van der Waals surface area contributed by atoms with E-state index in [-0.39, 0.29) is 6.61 Å². The predicted molar refractivity (Wildman–Crippen MR) is 83.6 cm³/mol. The minimum absolute atomic E-state index is 0.0279. The van der Waals surface area contributed by atoms with Crippen LogP contribution in [0.5, 0.6) is 5.75 Å². The van der Waals surface area contributed by atoms with Gasteiger partial charge in [-0.15, -0.1) is 0 Å². The number of benzene rings is 1. The summed E-state index contributed by atoms with van der Waals surface area (Å²) in [7, 11) is 0. The molecule has 0 unspecified atom stereocenters. The third kappa shape index (κ3) is 3.99. The zero-order chi connectivity index (χ0) is 15.2. The maximum Gasteiger partial charge on any atom is 0.138 e. The second-order valence-corrected chi connectivity index (χ2v) is 5.38. The summed E-state index contributed by atoms with van der Waals surface area (Å²) in [4.78, 5) is 0. The molecular weight excluding hydrogens is 288 g/mol. The summed E-state index contributed by atoms with van der Waals surface area (Å²) < 4.78 is 7.69. The lowest BCUT2D eigenvalue weighted by atomic mass is 10.2. The maximum atomic E-state index is 9.05. The third-order valence-electron chi connectivity index (χ3n) is 3.53. The Kier molecular flexibility index (Phi) is 5.65. The summed E-state index contributed by atoms with van der Waals surface area (Å²) in [6.45, 7) is 4.67. The van der Waals surface area contributed by atoms with E-state index in [9.17, 15) is 0 Å². The lowest BCUT2D eigenvalue weighted by molar-refractivity contribution is 0.280. The fourth-order valence-electron chi connectivity index (χ4n) is 2.23. The molecule has 1 aromatic carbocycles. The molecule has 1 N–H and O–H groups in total. The van der Waals surface area contributed by atoms with Crippen LogP contribution < -0.4 is 4.74 Å². The van der Waals surface area contributed by atoms with Crippen molar-refractivity contribution < 1.29 is 9.84 Å². The van der Waals surface area contributed by atoms with Gasteiger partial charge in [-0.25, -0.2) is 0 Å². The van der Waals surface area contributed by atoms with Crippen LogP contribution in [0.1, 0.15) is 44.0 Å². The van der Waals surface area contributed by atoms with Crippen molar-refractivity contribution in [1.82, 2.24) is 9.78 Å². The third-order valence-corrected chi connectivity index (χ3v) is 3.83. The van der Waals surface area contributed by atoms with Crippen LogP contribution in [0.3, 0.4) is 0 Å². The molecule has 2 rings (SSSR count). The molecule has 0 spiro atoms. The number of ether oxygens (including phenoxy) is 1. The van der Waals surface area contributed by atoms with Gasteiger partial charge in [0, 0.05) is 6.20 Å². The Labute approximate surface area is 130 Å². The van der Waals surface area contributed by atoms with Gasteiger partial charge in [0.2, 0.25) is 0 Å². The average Bonchev–Trinajstić information content (AvgIpc) is 2.96. The van der Waals surface area contributed by atoms with Crippen molar-refractivity contribution in [1.29, 1.82) is 0 Å². The molecule has 0 bridgehead atoms. The van der Waals surface area contributed by atoms with Crippen molar-refractivity contribution >= 4 is 11.6 Å². The van der Waals surface area contributed by atoms with Crippen molar-refractivity contribution in [3.63, 3.8) is 0 Å². The van der Waals surface area contributed by atoms with Gasteiger partial charge in [0.15, 0.2) is 0 Å². The molecule has 0 saturated heterocycles. The van der Waals surface area contributed by atoms with Crippen LogP contribution in [0.4, 0.5) is 0 Å². The molecule has 114 valence electrons. The summed E-state index contributed by atoms with van der Waals surface area (Å²) in [6, 6.07) is 7.68. The normalized spacial score (nSPS) is 11.1. The first kappa shape index (κ1) is 15.9. The van der Waals surface area contributed by atoms with E-state index < -0.39 is 0 Å². The fourth-order valence-corrected chi connectivity index (χ4v) is 2.49. The van der Waals surface area contributed by atoms with Crippen molar-refractivity contribution in [2.24, 2.45) is 0 Å². The number of aliphatic hydroxyl groups excluding tert-OH is 1. The Balaban J connectivity index is 2.00. The summed E-state index contributed by atoms with van der Waals surface area (Å²) >= 11 is 6.11. The molecule has 21 heavy (non-hydrogen) atoms. The molecule has 0 aliphatic carbocycles. The van der Waals surface area contributed by atoms with Gasteiger partial charge in [0.25, 0.3) is 0 Å². The maximum absolute atomic E-state index is 9.05. The smallest absolute Gasteiger partial charge is 0.138 e. The standard InChI is InChI=1S/C16H21ClN2O2/c1-3-14(4-2)19-8-7-13(18-19)11-21-16-6-5-12(10-20)9-15(16)17/h5-9,14,20H,3-4,10-11H2,1-2H3. The molecule has 4 nitrogen and oxygen atoms in total. The SMILES string of the molecule is CCC(CC)n1ccc(COc2ccc(CO)cc2Cl)n1. The minimum atomic E-state index is -0.0279. The number of aromatic nitrogens is 2. The first-order valence-electron chi connectivity index (χ1n) is 7.24. The fraction of sp³-hybridized carbons (Fsp3) is 0.438. The van der Waals surface area contributed by atoms with E-state index in [4.69, 9.17) is 21.4 Å². The molecule has 1 heterocycles. The van der Waals surface area contributed by atoms with Crippen molar-refractivity contribution in [3.8, 4) is 5.75 Å². The van der Waals surface area contributed by atoms with Gasteiger partial charge in [0.1, 0.15) is 12.4 Å². The monoisotopic (exact) mass is 308 g/mol. The highest BCUT2D eigenvalue weighted by atomic mass is 35.5. The van der Waals surface area contributed by atoms with E-state index in [0.717, 1.165) is 24.1 Å². The van der Waals surface area contributed by atoms with Crippen molar-refractivity contribution in [2.75, 3.05) is 0 Å². The number of hydrogen-bond acceptors (Lipinski definition) is 3. The molecule has 0 aliphatic heterocycles. The molecule has 0 saturated carbocycles. The molecule has 0 atom stereocenters. The van der Waals surface area contributed by atoms with Crippen molar-refractivity contribution in [2.45, 2.75) is 45.9 Å². The molecule has 0 aliphatic rings. The van der Waals surface area contributed by atoms with Gasteiger partial charge in [0.05, 0.1) is 23.4 Å². The van der Waals surface area contributed by atoms with E-state index in [1.54, 1.807) is 18.2 Å². The van der Waals surface area contributed by atoms with E-state index in [0.29, 0.717) is 23.4 Å². The zero-order valence-corrected chi connectivity index (χ0v) is 13.2. The van der Waals surface area contributed by atoms with Crippen LogP contribution in [0.2, 0.25) is 5.02 Å². The molecule has 5 heteroatoms. The van der Waals surface area contributed by atoms with Crippen LogP contribution in [0, 0.1) is 0 Å². The highest BCUT2D eigenvalue weighted by Gasteiger charge is 2.09. The van der Waals surface area contributed by atoms with Crippen LogP contribution in [-0.4, -0.2) is 14.9 Å². The number of halogens is 1. The lowest BCUT2D eigenvalue weighted by Gasteiger charge is -2.12. The molecule has 2 aromatic rings. The topological polar surface area (TPSA) is 47.3 Å². The van der Waals surface area contributed by atoms with Crippen LogP contribution in [0.15, 0.2) is 30.5 Å². The molecular formula is C16H21ClN2O2. The second-order valence-electron chi connectivity index (χ2n) is 4.97. The number of aliphatic hydroxyl groups is 1. The summed E-state index contributed by atoms with van der Waals surface area (Å²) in [5, 5.41) is 14.1. The van der Waals surface area contributed by atoms with Gasteiger partial charge in [-0.2, -0.15) is 5.10 Å². The van der Waals surface area contributed by atoms with Crippen LogP contribution in [-0.2, 0) is 13.2 Å². The Morgan fingerprint density at radius 1 is 1.29 bits per heavy atom. The van der Waals surface area contributed by atoms with E-state index in [2.05, 4.69) is 18.9 Å². The molecule has 0 radical (unpaired) electrons. The Morgan fingerprint density at radius 2 is 2.05 bits per heavy atom. The Morgan fingerprint density at radius 3 is 2.67 bits per heavy atom. The van der Waals surface area contributed by atoms with E-state index in [1.807, 2.05) is 16.9 Å². The number of nitrogens with zero attached hydrogens (tertiary/aromatic N) is 2. The summed E-state index contributed by atoms with van der Waals surface area (Å²) in [5.74, 6) is 0.603. The molecule has 0 fully saturated rings. The molecule has 0 amide bonds. The highest BCUT2D eigenvalue weighted by molar-refractivity contribution is 6.32. The molecule has 1 aromatic heterocycles. The van der Waals surface area contributed by atoms with Gasteiger partial charge >= 0.3 is 0 Å². The number of rotatable bonds is 7. The second kappa shape index (κ2) is 7.48. The first-order valence-corrected chi connectivity index (χ1v) is 7.61. The minimum Gasteiger partial charge on any atom is -0.486 e. The van der Waals surface area contributed by atoms with Gasteiger partial charge in [-0.05, 0) is 36.6 Å². The Bertz CT molecular complexity index is 579. The average molecular weight is 309 g/mol.